The first-order valence-electron chi connectivity index (χ1n) is 15.6. The Bertz CT molecular complexity index is 1260. The summed E-state index contributed by atoms with van der Waals surface area (Å²) in [5.74, 6) is -3.57. The van der Waals surface area contributed by atoms with Crippen LogP contribution < -0.4 is 10.6 Å². The molecule has 2 aliphatic rings. The van der Waals surface area contributed by atoms with Gasteiger partial charge in [-0.1, -0.05) is 44.7 Å². The second-order valence-electron chi connectivity index (χ2n) is 11.9. The van der Waals surface area contributed by atoms with Crippen LogP contribution in [0.2, 0.25) is 0 Å². The fraction of sp³-hybridized carbons (Fsp3) is 0.576. The highest BCUT2D eigenvalue weighted by Crippen LogP contribution is 2.36. The minimum Gasteiger partial charge on any atom is -0.353 e. The Morgan fingerprint density at radius 2 is 1.65 bits per heavy atom. The van der Waals surface area contributed by atoms with Gasteiger partial charge in [0.15, 0.2) is 5.96 Å². The number of alkyl halides is 2. The van der Waals surface area contributed by atoms with Crippen molar-refractivity contribution in [3.05, 3.63) is 71.3 Å². The Morgan fingerprint density at radius 3 is 2.26 bits per heavy atom. The summed E-state index contributed by atoms with van der Waals surface area (Å²) in [5.41, 5.74) is 1.20. The molecule has 1 saturated carbocycles. The van der Waals surface area contributed by atoms with Crippen molar-refractivity contribution in [1.82, 2.24) is 10.6 Å². The van der Waals surface area contributed by atoms with E-state index in [0.29, 0.717) is 6.42 Å². The van der Waals surface area contributed by atoms with Crippen molar-refractivity contribution in [3.8, 4) is 0 Å². The summed E-state index contributed by atoms with van der Waals surface area (Å²) >= 11 is 0. The molecule has 1 aliphatic carbocycles. The number of aliphatic imine (C=N–C) groups is 1. The van der Waals surface area contributed by atoms with E-state index in [1.54, 1.807) is 12.1 Å². The van der Waals surface area contributed by atoms with E-state index in [1.807, 2.05) is 0 Å². The van der Waals surface area contributed by atoms with Gasteiger partial charge in [0.2, 0.25) is 12.0 Å². The van der Waals surface area contributed by atoms with Crippen LogP contribution in [0.15, 0.2) is 58.6 Å². The number of nitrogens with zero attached hydrogens (tertiary/aromatic N) is 3. The van der Waals surface area contributed by atoms with Crippen molar-refractivity contribution in [1.29, 1.82) is 0 Å². The number of carbonyl (C=O) groups excluding carboxylic acids is 1. The van der Waals surface area contributed by atoms with E-state index in [-0.39, 0.29) is 73.2 Å². The predicted octanol–water partition coefficient (Wildman–Crippen LogP) is 8.15. The molecule has 1 fully saturated rings. The average molecular weight is 603 g/mol. The first-order valence-corrected chi connectivity index (χ1v) is 15.6. The standard InChI is InChI=1S/C33H43F4N5O/c1-4-6-7-8-30-41-42(30)29(23-9-13-25(34)14-10-23)21-28(22(3)5-2)39-32(38-27-17-19-33(36,37)20-18-27)40-31(43)24-11-15-26(35)16-12-24/h9-16,22,27-30H,4-8,17-21H2,1-3H3,(H-,38,39,40,43)/p+1. The summed E-state index contributed by atoms with van der Waals surface area (Å²) in [6, 6.07) is 11.0. The van der Waals surface area contributed by atoms with Gasteiger partial charge in [0.1, 0.15) is 11.6 Å². The SMILES string of the molecule is CCCCCC1N=[N+]1C(CC(NC(=NC1CCC(F)(F)CC1)NC(=O)c1ccc(F)cc1)C(C)CC)c1ccc(F)cc1. The normalized spacial score (nSPS) is 20.6. The second-order valence-corrected chi connectivity index (χ2v) is 11.9. The highest BCUT2D eigenvalue weighted by Gasteiger charge is 2.46. The zero-order valence-electron chi connectivity index (χ0n) is 25.3. The van der Waals surface area contributed by atoms with E-state index >= 15 is 0 Å². The third-order valence-corrected chi connectivity index (χ3v) is 8.62. The van der Waals surface area contributed by atoms with Gasteiger partial charge >= 0.3 is 6.17 Å². The van der Waals surface area contributed by atoms with Crippen LogP contribution in [0.25, 0.3) is 0 Å². The minimum absolute atomic E-state index is 0.106. The molecule has 4 rings (SSSR count). The van der Waals surface area contributed by atoms with E-state index in [2.05, 4.69) is 36.1 Å². The Kier molecular flexibility index (Phi) is 11.3. The number of azo groups is 1. The number of nitrogens with one attached hydrogen (secondary N) is 2. The molecule has 2 N–H and O–H groups in total. The van der Waals surface area contributed by atoms with Crippen LogP contribution in [-0.2, 0) is 0 Å². The van der Waals surface area contributed by atoms with Gasteiger partial charge in [-0.05, 0) is 73.7 Å². The molecule has 1 amide bonds. The third kappa shape index (κ3) is 9.60. The molecule has 4 atom stereocenters. The fourth-order valence-corrected chi connectivity index (χ4v) is 5.62. The van der Waals surface area contributed by atoms with Gasteiger partial charge in [0.25, 0.3) is 5.91 Å². The molecular weight excluding hydrogens is 558 g/mol. The van der Waals surface area contributed by atoms with Crippen molar-refractivity contribution in [2.45, 2.75) is 115 Å². The fourth-order valence-electron chi connectivity index (χ4n) is 5.62. The highest BCUT2D eigenvalue weighted by atomic mass is 19.3. The lowest BCUT2D eigenvalue weighted by atomic mass is 9.90. The van der Waals surface area contributed by atoms with Gasteiger partial charge in [-0.3, -0.25) is 10.1 Å². The molecule has 0 spiro atoms. The number of benzene rings is 2. The maximum Gasteiger partial charge on any atom is 0.325 e. The van der Waals surface area contributed by atoms with E-state index in [0.717, 1.165) is 37.7 Å². The van der Waals surface area contributed by atoms with Gasteiger partial charge in [-0.2, -0.15) is 0 Å². The van der Waals surface area contributed by atoms with Gasteiger partial charge < -0.3 is 5.32 Å². The Labute approximate surface area is 252 Å². The number of rotatable bonds is 13. The van der Waals surface area contributed by atoms with Crippen molar-refractivity contribution in [2.75, 3.05) is 0 Å². The second kappa shape index (κ2) is 14.9. The van der Waals surface area contributed by atoms with Gasteiger partial charge in [0, 0.05) is 48.0 Å². The van der Waals surface area contributed by atoms with Crippen LogP contribution in [0.4, 0.5) is 17.6 Å². The van der Waals surface area contributed by atoms with Crippen molar-refractivity contribution in [3.63, 3.8) is 0 Å². The van der Waals surface area contributed by atoms with Crippen LogP contribution in [0.1, 0.15) is 107 Å². The maximum atomic E-state index is 13.9. The third-order valence-electron chi connectivity index (χ3n) is 8.62. The number of unbranched alkanes of at least 4 members (excludes halogenated alkanes) is 2. The summed E-state index contributed by atoms with van der Waals surface area (Å²) < 4.78 is 57.2. The number of hydrogen-bond acceptors (Lipinski definition) is 3. The molecule has 2 aromatic rings. The molecule has 0 aromatic heterocycles. The van der Waals surface area contributed by atoms with Crippen LogP contribution in [-0.4, -0.2) is 40.7 Å². The summed E-state index contributed by atoms with van der Waals surface area (Å²) in [4.78, 5) is 17.9. The molecule has 2 aromatic carbocycles. The minimum atomic E-state index is -2.70. The summed E-state index contributed by atoms with van der Waals surface area (Å²) in [6.45, 7) is 6.36. The first-order chi connectivity index (χ1) is 20.6. The largest absolute Gasteiger partial charge is 0.353 e. The van der Waals surface area contributed by atoms with Gasteiger partial charge in [0.05, 0.1) is 6.04 Å². The lowest BCUT2D eigenvalue weighted by Crippen LogP contribution is -2.49. The molecule has 0 bridgehead atoms. The van der Waals surface area contributed by atoms with Crippen molar-refractivity contribution >= 4 is 11.9 Å². The van der Waals surface area contributed by atoms with Crippen LogP contribution >= 0.6 is 0 Å². The number of hydrogen-bond donors (Lipinski definition) is 2. The number of carbonyl (C=O) groups is 1. The molecule has 10 heteroatoms. The Morgan fingerprint density at radius 1 is 1.02 bits per heavy atom. The lowest BCUT2D eigenvalue weighted by Gasteiger charge is -2.30. The summed E-state index contributed by atoms with van der Waals surface area (Å²) in [7, 11) is 0. The molecule has 0 saturated heterocycles. The van der Waals surface area contributed by atoms with Crippen molar-refractivity contribution in [2.24, 2.45) is 16.0 Å². The summed E-state index contributed by atoms with van der Waals surface area (Å²) in [5, 5.41) is 11.1. The Balaban J connectivity index is 1.58. The van der Waals surface area contributed by atoms with E-state index in [9.17, 15) is 22.4 Å². The molecule has 1 heterocycles. The zero-order chi connectivity index (χ0) is 31.0. The van der Waals surface area contributed by atoms with E-state index in [1.165, 1.54) is 36.4 Å². The molecule has 4 unspecified atom stereocenters. The van der Waals surface area contributed by atoms with E-state index in [4.69, 9.17) is 10.1 Å². The molecule has 43 heavy (non-hydrogen) atoms. The van der Waals surface area contributed by atoms with Gasteiger partial charge in [-0.15, -0.1) is 0 Å². The van der Waals surface area contributed by atoms with E-state index < -0.39 is 17.6 Å². The highest BCUT2D eigenvalue weighted by molar-refractivity contribution is 6.05. The summed E-state index contributed by atoms with van der Waals surface area (Å²) in [6.07, 6.45) is 5.76. The first kappa shape index (κ1) is 32.6. The Hall–Kier alpha value is -3.30. The maximum absolute atomic E-state index is 13.9. The predicted molar refractivity (Wildman–Crippen MR) is 159 cm³/mol. The van der Waals surface area contributed by atoms with Crippen LogP contribution in [0.5, 0.6) is 0 Å². The average Bonchev–Trinajstić information content (AvgIpc) is 3.76. The molecule has 0 radical (unpaired) electrons. The van der Waals surface area contributed by atoms with Gasteiger partial charge in [-0.25, -0.2) is 22.6 Å². The quantitative estimate of drug-likeness (QED) is 0.0799. The molecule has 234 valence electrons. The number of amides is 1. The van der Waals surface area contributed by atoms with Crippen LogP contribution in [0, 0.1) is 17.6 Å². The number of guanidine groups is 1. The van der Waals surface area contributed by atoms with Crippen LogP contribution in [0.3, 0.4) is 0 Å². The molecule has 1 aliphatic heterocycles. The zero-order valence-corrected chi connectivity index (χ0v) is 25.3. The topological polar surface area (TPSA) is 68.9 Å². The molecular formula is C33H44F4N5O+. The smallest absolute Gasteiger partial charge is 0.325 e. The number of halogens is 4. The monoisotopic (exact) mass is 602 g/mol. The molecule has 6 nitrogen and oxygen atoms in total. The van der Waals surface area contributed by atoms with Crippen molar-refractivity contribution < 1.29 is 27.1 Å². The lowest BCUT2D eigenvalue weighted by molar-refractivity contribution is -0.539.